The Hall–Kier alpha value is -1.14. The summed E-state index contributed by atoms with van der Waals surface area (Å²) in [6, 6.07) is -0.876. The molecule has 0 aromatic heterocycles. The van der Waals surface area contributed by atoms with Crippen LogP contribution in [0.3, 0.4) is 0 Å². The highest BCUT2D eigenvalue weighted by molar-refractivity contribution is 5.90. The number of hydrogen-bond acceptors (Lipinski definition) is 4. The molecule has 1 saturated carbocycles. The first-order valence-electron chi connectivity index (χ1n) is 5.81. The molecule has 0 bridgehead atoms. The van der Waals surface area contributed by atoms with E-state index in [1.54, 1.807) is 7.11 Å². The molecular weight excluding hydrogens is 224 g/mol. The molecule has 1 fully saturated rings. The minimum Gasteiger partial charge on any atom is -0.480 e. The molecule has 1 aliphatic carbocycles. The van der Waals surface area contributed by atoms with Crippen LogP contribution >= 0.6 is 0 Å². The lowest BCUT2D eigenvalue weighted by Crippen LogP contribution is -2.61. The first-order chi connectivity index (χ1) is 7.99. The molecule has 0 spiro atoms. The number of nitrogens with one attached hydrogen (secondary N) is 1. The Labute approximate surface area is 101 Å². The number of carbonyl (C=O) groups excluding carboxylic acids is 1. The topological polar surface area (TPSA) is 102 Å². The van der Waals surface area contributed by atoms with Gasteiger partial charge in [0.15, 0.2) is 0 Å². The fourth-order valence-electron chi connectivity index (χ4n) is 1.78. The maximum absolute atomic E-state index is 11.8. The van der Waals surface area contributed by atoms with Crippen molar-refractivity contribution < 1.29 is 19.4 Å². The SMILES string of the molecule is COCCCC(NC(=O)C1(N)CCC1)C(=O)O. The van der Waals surface area contributed by atoms with Gasteiger partial charge in [0.2, 0.25) is 5.91 Å². The average Bonchev–Trinajstić information content (AvgIpc) is 2.24. The van der Waals surface area contributed by atoms with E-state index in [4.69, 9.17) is 15.6 Å². The molecule has 0 aromatic carbocycles. The van der Waals surface area contributed by atoms with Crippen molar-refractivity contribution in [1.29, 1.82) is 0 Å². The first kappa shape index (κ1) is 13.9. The van der Waals surface area contributed by atoms with E-state index in [0.29, 0.717) is 32.3 Å². The van der Waals surface area contributed by atoms with E-state index < -0.39 is 17.6 Å². The second-order valence-electron chi connectivity index (χ2n) is 4.51. The van der Waals surface area contributed by atoms with E-state index in [0.717, 1.165) is 6.42 Å². The van der Waals surface area contributed by atoms with Gasteiger partial charge in [0.05, 0.1) is 5.54 Å². The number of carbonyl (C=O) groups is 2. The van der Waals surface area contributed by atoms with Gasteiger partial charge in [-0.1, -0.05) is 0 Å². The third-order valence-electron chi connectivity index (χ3n) is 3.14. The third-order valence-corrected chi connectivity index (χ3v) is 3.14. The Morgan fingerprint density at radius 1 is 1.53 bits per heavy atom. The third kappa shape index (κ3) is 3.67. The van der Waals surface area contributed by atoms with Crippen LogP contribution in [0.5, 0.6) is 0 Å². The van der Waals surface area contributed by atoms with Crippen molar-refractivity contribution >= 4 is 11.9 Å². The fraction of sp³-hybridized carbons (Fsp3) is 0.818. The van der Waals surface area contributed by atoms with Crippen molar-refractivity contribution in [3.05, 3.63) is 0 Å². The summed E-state index contributed by atoms with van der Waals surface area (Å²) in [4.78, 5) is 22.7. The van der Waals surface area contributed by atoms with Gasteiger partial charge in [0.1, 0.15) is 6.04 Å². The van der Waals surface area contributed by atoms with E-state index >= 15 is 0 Å². The summed E-state index contributed by atoms with van der Waals surface area (Å²) in [5.74, 6) is -1.38. The van der Waals surface area contributed by atoms with Crippen LogP contribution < -0.4 is 11.1 Å². The Morgan fingerprint density at radius 2 is 2.18 bits per heavy atom. The van der Waals surface area contributed by atoms with Crippen LogP contribution in [0.1, 0.15) is 32.1 Å². The summed E-state index contributed by atoms with van der Waals surface area (Å²) in [5.41, 5.74) is 4.97. The van der Waals surface area contributed by atoms with E-state index in [-0.39, 0.29) is 5.91 Å². The second kappa shape index (κ2) is 5.97. The van der Waals surface area contributed by atoms with Crippen molar-refractivity contribution in [3.63, 3.8) is 0 Å². The summed E-state index contributed by atoms with van der Waals surface area (Å²) >= 11 is 0. The van der Waals surface area contributed by atoms with Gasteiger partial charge in [0, 0.05) is 13.7 Å². The predicted octanol–water partition coefficient (Wildman–Crippen LogP) is -0.136. The molecule has 1 amide bonds. The van der Waals surface area contributed by atoms with Crippen molar-refractivity contribution in [2.45, 2.75) is 43.7 Å². The summed E-state index contributed by atoms with van der Waals surface area (Å²) in [6.45, 7) is 0.480. The van der Waals surface area contributed by atoms with Crippen molar-refractivity contribution in [3.8, 4) is 0 Å². The molecular formula is C11H20N2O4. The van der Waals surface area contributed by atoms with Crippen molar-refractivity contribution in [1.82, 2.24) is 5.32 Å². The van der Waals surface area contributed by atoms with E-state index in [9.17, 15) is 9.59 Å². The number of methoxy groups -OCH3 is 1. The zero-order valence-corrected chi connectivity index (χ0v) is 10.1. The number of aliphatic carboxylic acids is 1. The minimum absolute atomic E-state index is 0.352. The Kier molecular flexibility index (Phi) is 4.89. The molecule has 4 N–H and O–H groups in total. The molecule has 98 valence electrons. The molecule has 0 saturated heterocycles. The Bertz CT molecular complexity index is 289. The lowest BCUT2D eigenvalue weighted by molar-refractivity contribution is -0.143. The quantitative estimate of drug-likeness (QED) is 0.541. The van der Waals surface area contributed by atoms with Crippen LogP contribution in [-0.2, 0) is 14.3 Å². The molecule has 1 rings (SSSR count). The molecule has 0 radical (unpaired) electrons. The second-order valence-corrected chi connectivity index (χ2v) is 4.51. The number of carboxylic acid groups (broad SMARTS) is 1. The number of carboxylic acids is 1. The molecule has 0 aromatic rings. The zero-order chi connectivity index (χ0) is 12.9. The number of rotatable bonds is 7. The monoisotopic (exact) mass is 244 g/mol. The molecule has 1 aliphatic rings. The zero-order valence-electron chi connectivity index (χ0n) is 10.1. The van der Waals surface area contributed by atoms with Gasteiger partial charge >= 0.3 is 5.97 Å². The highest BCUT2D eigenvalue weighted by Crippen LogP contribution is 2.29. The van der Waals surface area contributed by atoms with Crippen LogP contribution in [0, 0.1) is 0 Å². The van der Waals surface area contributed by atoms with Gasteiger partial charge in [-0.15, -0.1) is 0 Å². The van der Waals surface area contributed by atoms with Crippen LogP contribution in [0.15, 0.2) is 0 Å². The van der Waals surface area contributed by atoms with Gasteiger partial charge in [-0.25, -0.2) is 4.79 Å². The Morgan fingerprint density at radius 3 is 2.59 bits per heavy atom. The van der Waals surface area contributed by atoms with Crippen LogP contribution in [0.4, 0.5) is 0 Å². The fourth-order valence-corrected chi connectivity index (χ4v) is 1.78. The highest BCUT2D eigenvalue weighted by Gasteiger charge is 2.41. The van der Waals surface area contributed by atoms with Crippen LogP contribution in [0.2, 0.25) is 0 Å². The molecule has 1 atom stereocenters. The number of ether oxygens (including phenoxy) is 1. The Balaban J connectivity index is 2.43. The number of amides is 1. The van der Waals surface area contributed by atoms with Gasteiger partial charge in [-0.3, -0.25) is 4.79 Å². The van der Waals surface area contributed by atoms with Crippen molar-refractivity contribution in [2.24, 2.45) is 5.73 Å². The van der Waals surface area contributed by atoms with Gasteiger partial charge in [-0.05, 0) is 32.1 Å². The highest BCUT2D eigenvalue weighted by atomic mass is 16.5. The van der Waals surface area contributed by atoms with Gasteiger partial charge < -0.3 is 20.9 Å². The summed E-state index contributed by atoms with van der Waals surface area (Å²) in [7, 11) is 1.55. The predicted molar refractivity (Wildman–Crippen MR) is 61.4 cm³/mol. The molecule has 6 nitrogen and oxygen atoms in total. The average molecular weight is 244 g/mol. The lowest BCUT2D eigenvalue weighted by Gasteiger charge is -2.37. The molecule has 0 aliphatic heterocycles. The molecule has 0 heterocycles. The maximum Gasteiger partial charge on any atom is 0.326 e. The first-order valence-corrected chi connectivity index (χ1v) is 5.81. The summed E-state index contributed by atoms with van der Waals surface area (Å²) in [5, 5.41) is 11.5. The number of hydrogen-bond donors (Lipinski definition) is 3. The normalized spacial score (nSPS) is 19.2. The van der Waals surface area contributed by atoms with E-state index in [1.807, 2.05) is 0 Å². The van der Waals surface area contributed by atoms with Crippen LogP contribution in [-0.4, -0.2) is 42.3 Å². The van der Waals surface area contributed by atoms with E-state index in [1.165, 1.54) is 0 Å². The minimum atomic E-state index is -1.03. The molecule has 17 heavy (non-hydrogen) atoms. The van der Waals surface area contributed by atoms with E-state index in [2.05, 4.69) is 5.32 Å². The standard InChI is InChI=1S/C11H20N2O4/c1-17-7-2-4-8(9(14)15)13-10(16)11(12)5-3-6-11/h8H,2-7,12H2,1H3,(H,13,16)(H,14,15). The van der Waals surface area contributed by atoms with Crippen molar-refractivity contribution in [2.75, 3.05) is 13.7 Å². The lowest BCUT2D eigenvalue weighted by atomic mass is 9.77. The molecule has 1 unspecified atom stereocenters. The smallest absolute Gasteiger partial charge is 0.326 e. The number of nitrogens with two attached hydrogens (primary N) is 1. The summed E-state index contributed by atoms with van der Waals surface area (Å²) in [6.07, 6.45) is 3.12. The van der Waals surface area contributed by atoms with Gasteiger partial charge in [0.25, 0.3) is 0 Å². The molecule has 6 heteroatoms. The maximum atomic E-state index is 11.8. The van der Waals surface area contributed by atoms with Gasteiger partial charge in [-0.2, -0.15) is 0 Å². The summed E-state index contributed by atoms with van der Waals surface area (Å²) < 4.78 is 4.85. The van der Waals surface area contributed by atoms with Crippen LogP contribution in [0.25, 0.3) is 0 Å². The largest absolute Gasteiger partial charge is 0.480 e.